The third-order valence-electron chi connectivity index (χ3n) is 2.17. The van der Waals surface area contributed by atoms with Crippen LogP contribution >= 0.6 is 0 Å². The highest BCUT2D eigenvalue weighted by Gasteiger charge is 2.14. The molecule has 7 heteroatoms. The Morgan fingerprint density at radius 3 is 2.53 bits per heavy atom. The molecule has 0 aliphatic rings. The number of anilines is 1. The highest BCUT2D eigenvalue weighted by molar-refractivity contribution is 6.39. The summed E-state index contributed by atoms with van der Waals surface area (Å²) in [5.41, 5.74) is 0.805. The maximum atomic E-state index is 11.5. The topological polar surface area (TPSA) is 96.9 Å². The summed E-state index contributed by atoms with van der Waals surface area (Å²) in [6.07, 6.45) is 6.18. The van der Waals surface area contributed by atoms with Gasteiger partial charge in [0.05, 0.1) is 0 Å². The normalized spacial score (nSPS) is 9.68. The second-order valence-electron chi connectivity index (χ2n) is 3.57. The Kier molecular flexibility index (Phi) is 4.12. The van der Waals surface area contributed by atoms with Gasteiger partial charge in [0.2, 0.25) is 5.95 Å². The van der Waals surface area contributed by atoms with Crippen LogP contribution in [0, 0.1) is 0 Å². The van der Waals surface area contributed by atoms with Crippen LogP contribution in [-0.4, -0.2) is 26.8 Å². The first-order chi connectivity index (χ1) is 9.25. The lowest BCUT2D eigenvalue weighted by Gasteiger charge is -2.04. The lowest BCUT2D eigenvalue weighted by molar-refractivity contribution is -0.136. The number of amides is 2. The zero-order chi connectivity index (χ0) is 13.5. The van der Waals surface area contributed by atoms with E-state index in [1.54, 1.807) is 30.6 Å². The Balaban J connectivity index is 1.85. The summed E-state index contributed by atoms with van der Waals surface area (Å²) in [5, 5.41) is 4.76. The van der Waals surface area contributed by atoms with Crippen molar-refractivity contribution >= 4 is 17.8 Å². The maximum absolute atomic E-state index is 11.5. The van der Waals surface area contributed by atoms with Gasteiger partial charge in [0.25, 0.3) is 0 Å². The number of aromatic nitrogens is 3. The van der Waals surface area contributed by atoms with E-state index in [0.717, 1.165) is 5.56 Å². The smallest absolute Gasteiger partial charge is 0.316 e. The molecule has 2 N–H and O–H groups in total. The standard InChI is InChI=1S/C12H11N5O2/c18-10(16-8-9-3-1-4-13-7-9)11(19)17-12-14-5-2-6-15-12/h1-7H,8H2,(H,16,18)(H,14,15,17,19). The second kappa shape index (κ2) is 6.20. The molecule has 0 spiro atoms. The van der Waals surface area contributed by atoms with Crippen molar-refractivity contribution in [3.05, 3.63) is 48.5 Å². The fraction of sp³-hybridized carbons (Fsp3) is 0.0833. The summed E-state index contributed by atoms with van der Waals surface area (Å²) in [5.74, 6) is -1.48. The van der Waals surface area contributed by atoms with E-state index in [1.165, 1.54) is 12.4 Å². The second-order valence-corrected chi connectivity index (χ2v) is 3.57. The van der Waals surface area contributed by atoms with Crippen LogP contribution in [0.2, 0.25) is 0 Å². The van der Waals surface area contributed by atoms with E-state index < -0.39 is 11.8 Å². The van der Waals surface area contributed by atoms with Gasteiger partial charge in [-0.05, 0) is 17.7 Å². The van der Waals surface area contributed by atoms with E-state index in [4.69, 9.17) is 0 Å². The van der Waals surface area contributed by atoms with Crippen molar-refractivity contribution in [1.29, 1.82) is 0 Å². The molecular formula is C12H11N5O2. The maximum Gasteiger partial charge on any atom is 0.316 e. The fourth-order valence-electron chi connectivity index (χ4n) is 1.29. The van der Waals surface area contributed by atoms with Crippen LogP contribution in [0.25, 0.3) is 0 Å². The van der Waals surface area contributed by atoms with Gasteiger partial charge in [0, 0.05) is 31.3 Å². The van der Waals surface area contributed by atoms with Crippen LogP contribution in [0.15, 0.2) is 43.0 Å². The van der Waals surface area contributed by atoms with Crippen LogP contribution in [0.5, 0.6) is 0 Å². The molecule has 2 aromatic rings. The molecule has 0 saturated carbocycles. The molecule has 7 nitrogen and oxygen atoms in total. The number of nitrogens with zero attached hydrogens (tertiary/aromatic N) is 3. The lowest BCUT2D eigenvalue weighted by atomic mass is 10.3. The summed E-state index contributed by atoms with van der Waals surface area (Å²) in [7, 11) is 0. The minimum atomic E-state index is -0.810. The van der Waals surface area contributed by atoms with Gasteiger partial charge in [-0.3, -0.25) is 19.9 Å². The predicted molar refractivity (Wildman–Crippen MR) is 66.7 cm³/mol. The van der Waals surface area contributed by atoms with Crippen molar-refractivity contribution in [2.45, 2.75) is 6.54 Å². The first kappa shape index (κ1) is 12.6. The van der Waals surface area contributed by atoms with Gasteiger partial charge in [-0.1, -0.05) is 6.07 Å². The van der Waals surface area contributed by atoms with Crippen molar-refractivity contribution < 1.29 is 9.59 Å². The number of hydrogen-bond donors (Lipinski definition) is 2. The molecule has 0 saturated heterocycles. The molecule has 2 amide bonds. The van der Waals surface area contributed by atoms with E-state index in [-0.39, 0.29) is 12.5 Å². The van der Waals surface area contributed by atoms with Crippen molar-refractivity contribution in [2.75, 3.05) is 5.32 Å². The van der Waals surface area contributed by atoms with Crippen LogP contribution in [0.1, 0.15) is 5.56 Å². The molecule has 0 aliphatic heterocycles. The SMILES string of the molecule is O=C(NCc1cccnc1)C(=O)Nc1ncccn1. The molecule has 0 unspecified atom stereocenters. The van der Waals surface area contributed by atoms with E-state index in [2.05, 4.69) is 25.6 Å². The molecule has 0 aliphatic carbocycles. The molecular weight excluding hydrogens is 246 g/mol. The minimum absolute atomic E-state index is 0.0871. The Morgan fingerprint density at radius 2 is 1.84 bits per heavy atom. The number of nitrogens with one attached hydrogen (secondary N) is 2. The van der Waals surface area contributed by atoms with Crippen LogP contribution in [0.3, 0.4) is 0 Å². The summed E-state index contributed by atoms with van der Waals surface area (Å²) >= 11 is 0. The lowest BCUT2D eigenvalue weighted by Crippen LogP contribution is -2.35. The Morgan fingerprint density at radius 1 is 1.05 bits per heavy atom. The molecule has 2 rings (SSSR count). The molecule has 0 atom stereocenters. The van der Waals surface area contributed by atoms with Gasteiger partial charge in [-0.15, -0.1) is 0 Å². The highest BCUT2D eigenvalue weighted by Crippen LogP contribution is 1.96. The third kappa shape index (κ3) is 3.84. The van der Waals surface area contributed by atoms with Crippen molar-refractivity contribution in [1.82, 2.24) is 20.3 Å². The summed E-state index contributed by atoms with van der Waals surface area (Å²) in [6.45, 7) is 0.232. The van der Waals surface area contributed by atoms with E-state index in [9.17, 15) is 9.59 Å². The molecule has 2 aromatic heterocycles. The van der Waals surface area contributed by atoms with Crippen LogP contribution < -0.4 is 10.6 Å². The molecule has 0 aromatic carbocycles. The van der Waals surface area contributed by atoms with E-state index in [0.29, 0.717) is 0 Å². The summed E-state index contributed by atoms with van der Waals surface area (Å²) in [6, 6.07) is 5.16. The summed E-state index contributed by atoms with van der Waals surface area (Å²) < 4.78 is 0. The van der Waals surface area contributed by atoms with Crippen molar-refractivity contribution in [3.8, 4) is 0 Å². The molecule has 96 valence electrons. The van der Waals surface area contributed by atoms with Crippen LogP contribution in [0.4, 0.5) is 5.95 Å². The number of hydrogen-bond acceptors (Lipinski definition) is 5. The van der Waals surface area contributed by atoms with Gasteiger partial charge < -0.3 is 5.32 Å². The Labute approximate surface area is 109 Å². The number of pyridine rings is 1. The van der Waals surface area contributed by atoms with Gasteiger partial charge in [0.15, 0.2) is 0 Å². The van der Waals surface area contributed by atoms with E-state index in [1.807, 2.05) is 0 Å². The molecule has 2 heterocycles. The predicted octanol–water partition coefficient (Wildman–Crippen LogP) is 0.126. The fourth-order valence-corrected chi connectivity index (χ4v) is 1.29. The first-order valence-electron chi connectivity index (χ1n) is 5.51. The first-order valence-corrected chi connectivity index (χ1v) is 5.51. The van der Waals surface area contributed by atoms with Crippen LogP contribution in [-0.2, 0) is 16.1 Å². The van der Waals surface area contributed by atoms with Gasteiger partial charge in [0.1, 0.15) is 0 Å². The largest absolute Gasteiger partial charge is 0.344 e. The molecule has 0 fully saturated rings. The van der Waals surface area contributed by atoms with Gasteiger partial charge in [-0.25, -0.2) is 9.97 Å². The van der Waals surface area contributed by atoms with Crippen molar-refractivity contribution in [3.63, 3.8) is 0 Å². The Hall–Kier alpha value is -2.83. The average Bonchev–Trinajstić information content (AvgIpc) is 2.47. The minimum Gasteiger partial charge on any atom is -0.344 e. The number of carbonyl (C=O) groups is 2. The zero-order valence-corrected chi connectivity index (χ0v) is 9.91. The van der Waals surface area contributed by atoms with E-state index >= 15 is 0 Å². The molecule has 0 radical (unpaired) electrons. The number of carbonyl (C=O) groups excluding carboxylic acids is 2. The third-order valence-corrected chi connectivity index (χ3v) is 2.17. The molecule has 0 bridgehead atoms. The molecule has 19 heavy (non-hydrogen) atoms. The zero-order valence-electron chi connectivity index (χ0n) is 9.91. The highest BCUT2D eigenvalue weighted by atomic mass is 16.2. The monoisotopic (exact) mass is 257 g/mol. The van der Waals surface area contributed by atoms with Crippen molar-refractivity contribution in [2.24, 2.45) is 0 Å². The average molecular weight is 257 g/mol. The number of rotatable bonds is 3. The quantitative estimate of drug-likeness (QED) is 0.761. The Bertz CT molecular complexity index is 559. The van der Waals surface area contributed by atoms with Gasteiger partial charge in [-0.2, -0.15) is 0 Å². The summed E-state index contributed by atoms with van der Waals surface area (Å²) in [4.78, 5) is 34.5. The van der Waals surface area contributed by atoms with Gasteiger partial charge >= 0.3 is 11.8 Å².